The van der Waals surface area contributed by atoms with Crippen LogP contribution in [0, 0.1) is 0 Å². The molecule has 8 nitrogen and oxygen atoms in total. The van der Waals surface area contributed by atoms with Crippen LogP contribution >= 0.6 is 0 Å². The number of aliphatic imine (C=N–C) groups is 2. The van der Waals surface area contributed by atoms with Gasteiger partial charge in [0.05, 0.1) is 0 Å². The maximum absolute atomic E-state index is 12.8. The Kier molecular flexibility index (Phi) is 8.54. The van der Waals surface area contributed by atoms with Crippen molar-refractivity contribution in [3.05, 3.63) is 95.1 Å². The Labute approximate surface area is 235 Å². The number of benzene rings is 3. The van der Waals surface area contributed by atoms with Crippen molar-refractivity contribution in [3.8, 4) is 0 Å². The highest BCUT2D eigenvalue weighted by atomic mass is 16.2. The van der Waals surface area contributed by atoms with Crippen molar-refractivity contribution in [2.24, 2.45) is 9.98 Å². The molecule has 0 aliphatic carbocycles. The zero-order valence-corrected chi connectivity index (χ0v) is 23.2. The topological polar surface area (TPSA) is 89.4 Å². The molecule has 0 aromatic heterocycles. The summed E-state index contributed by atoms with van der Waals surface area (Å²) in [4.78, 5) is 39.2. The number of amides is 2. The molecule has 0 saturated carbocycles. The largest absolute Gasteiger partial charge is 0.356 e. The minimum Gasteiger partial charge on any atom is -0.356 e. The molecule has 2 heterocycles. The van der Waals surface area contributed by atoms with Crippen molar-refractivity contribution in [3.63, 3.8) is 0 Å². The number of rotatable bonds is 6. The van der Waals surface area contributed by atoms with Gasteiger partial charge in [0.2, 0.25) is 0 Å². The van der Waals surface area contributed by atoms with E-state index in [2.05, 4.69) is 30.4 Å². The van der Waals surface area contributed by atoms with Gasteiger partial charge in [-0.2, -0.15) is 0 Å². The first-order valence-electron chi connectivity index (χ1n) is 13.9. The highest BCUT2D eigenvalue weighted by Crippen LogP contribution is 2.19. The van der Waals surface area contributed by atoms with Crippen molar-refractivity contribution >= 4 is 34.9 Å². The fourth-order valence-corrected chi connectivity index (χ4v) is 5.35. The minimum atomic E-state index is -0.231. The molecule has 2 amide bonds. The normalized spacial score (nSPS) is 15.8. The molecule has 0 spiro atoms. The highest BCUT2D eigenvalue weighted by Gasteiger charge is 2.19. The summed E-state index contributed by atoms with van der Waals surface area (Å²) in [6.45, 7) is 4.11. The van der Waals surface area contributed by atoms with Crippen LogP contribution in [0.5, 0.6) is 0 Å². The van der Waals surface area contributed by atoms with Gasteiger partial charge in [-0.15, -0.1) is 0 Å². The van der Waals surface area contributed by atoms with E-state index >= 15 is 0 Å². The number of carbonyl (C=O) groups is 2. The average molecular weight is 537 g/mol. The van der Waals surface area contributed by atoms with Crippen LogP contribution in [-0.4, -0.2) is 73.6 Å². The van der Waals surface area contributed by atoms with Crippen molar-refractivity contribution in [2.45, 2.75) is 25.7 Å². The Morgan fingerprint density at radius 2 is 0.825 bits per heavy atom. The van der Waals surface area contributed by atoms with E-state index in [4.69, 9.17) is 0 Å². The lowest BCUT2D eigenvalue weighted by Gasteiger charge is -2.20. The Morgan fingerprint density at radius 3 is 1.12 bits per heavy atom. The number of amidine groups is 2. The summed E-state index contributed by atoms with van der Waals surface area (Å²) >= 11 is 0. The number of hydrogen-bond donors (Lipinski definition) is 2. The Balaban J connectivity index is 1.17. The van der Waals surface area contributed by atoms with Crippen LogP contribution in [0.25, 0.3) is 0 Å². The second kappa shape index (κ2) is 12.6. The van der Waals surface area contributed by atoms with Crippen LogP contribution < -0.4 is 10.6 Å². The van der Waals surface area contributed by atoms with Gasteiger partial charge in [-0.25, -0.2) is 0 Å². The SMILES string of the molecule is CN=C(c1ccc(NC(=O)c2ccc(C(=O)Nc3ccc(C(=NC)N4CCCC4)cc3)cc2)cc1)N1CCCC1. The van der Waals surface area contributed by atoms with Gasteiger partial charge in [-0.3, -0.25) is 19.6 Å². The number of carbonyl (C=O) groups excluding carboxylic acids is 2. The standard InChI is InChI=1S/C32H36N6O2/c1-33-29(37-19-3-4-20-37)23-11-15-27(16-12-23)35-31(39)25-7-9-26(10-8-25)32(40)36-28-17-13-24(14-18-28)30(34-2)38-21-5-6-22-38/h7-18H,3-6,19-22H2,1-2H3,(H,35,39)(H,36,40). The van der Waals surface area contributed by atoms with Crippen LogP contribution in [0.15, 0.2) is 82.8 Å². The summed E-state index contributed by atoms with van der Waals surface area (Å²) in [5.41, 5.74) is 4.45. The van der Waals surface area contributed by atoms with Crippen molar-refractivity contribution in [1.82, 2.24) is 9.80 Å². The second-order valence-corrected chi connectivity index (χ2v) is 10.1. The molecule has 2 aliphatic rings. The zero-order valence-electron chi connectivity index (χ0n) is 23.2. The Morgan fingerprint density at radius 1 is 0.525 bits per heavy atom. The van der Waals surface area contributed by atoms with Crippen LogP contribution in [0.4, 0.5) is 11.4 Å². The molecular weight excluding hydrogens is 500 g/mol. The van der Waals surface area contributed by atoms with E-state index in [-0.39, 0.29) is 11.8 Å². The molecule has 0 atom stereocenters. The van der Waals surface area contributed by atoms with Gasteiger partial charge in [0.15, 0.2) is 0 Å². The van der Waals surface area contributed by atoms with Crippen molar-refractivity contribution in [1.29, 1.82) is 0 Å². The van der Waals surface area contributed by atoms with Crippen LogP contribution in [0.1, 0.15) is 57.5 Å². The molecular formula is C32H36N6O2. The van der Waals surface area contributed by atoms with E-state index in [1.807, 2.05) is 62.6 Å². The summed E-state index contributed by atoms with van der Waals surface area (Å²) in [5, 5.41) is 5.87. The van der Waals surface area contributed by atoms with Gasteiger partial charge in [0.25, 0.3) is 11.8 Å². The van der Waals surface area contributed by atoms with E-state index in [1.54, 1.807) is 24.3 Å². The summed E-state index contributed by atoms with van der Waals surface area (Å²) in [5.74, 6) is 1.51. The Hall–Kier alpha value is -4.46. The molecule has 3 aromatic carbocycles. The molecule has 3 aromatic rings. The van der Waals surface area contributed by atoms with Gasteiger partial charge in [0, 0.05) is 73.9 Å². The first-order valence-corrected chi connectivity index (χ1v) is 13.9. The van der Waals surface area contributed by atoms with Crippen LogP contribution in [0.2, 0.25) is 0 Å². The van der Waals surface area contributed by atoms with Crippen molar-refractivity contribution < 1.29 is 9.59 Å². The summed E-state index contributed by atoms with van der Waals surface area (Å²) in [6, 6.07) is 22.2. The first kappa shape index (κ1) is 27.1. The third-order valence-electron chi connectivity index (χ3n) is 7.45. The quantitative estimate of drug-likeness (QED) is 0.337. The van der Waals surface area contributed by atoms with E-state index < -0.39 is 0 Å². The molecule has 0 bridgehead atoms. The van der Waals surface area contributed by atoms with E-state index in [9.17, 15) is 9.59 Å². The predicted octanol–water partition coefficient (Wildman–Crippen LogP) is 5.14. The van der Waals surface area contributed by atoms with E-state index in [0.29, 0.717) is 22.5 Å². The van der Waals surface area contributed by atoms with E-state index in [0.717, 1.165) is 49.0 Å². The van der Waals surface area contributed by atoms with E-state index in [1.165, 1.54) is 25.7 Å². The molecule has 206 valence electrons. The molecule has 2 aliphatic heterocycles. The van der Waals surface area contributed by atoms with Crippen LogP contribution in [-0.2, 0) is 0 Å². The van der Waals surface area contributed by atoms with Gasteiger partial charge < -0.3 is 20.4 Å². The molecule has 0 radical (unpaired) electrons. The predicted molar refractivity (Wildman–Crippen MR) is 162 cm³/mol. The fourth-order valence-electron chi connectivity index (χ4n) is 5.35. The summed E-state index contributed by atoms with van der Waals surface area (Å²) in [7, 11) is 3.63. The van der Waals surface area contributed by atoms with Crippen molar-refractivity contribution in [2.75, 3.05) is 50.9 Å². The number of anilines is 2. The summed E-state index contributed by atoms with van der Waals surface area (Å²) in [6.07, 6.45) is 4.76. The van der Waals surface area contributed by atoms with Gasteiger partial charge in [0.1, 0.15) is 11.7 Å². The first-order chi connectivity index (χ1) is 19.6. The van der Waals surface area contributed by atoms with Gasteiger partial charge >= 0.3 is 0 Å². The second-order valence-electron chi connectivity index (χ2n) is 10.1. The molecule has 2 fully saturated rings. The monoisotopic (exact) mass is 536 g/mol. The minimum absolute atomic E-state index is 0.231. The zero-order chi connectivity index (χ0) is 27.9. The molecule has 2 N–H and O–H groups in total. The highest BCUT2D eigenvalue weighted by molar-refractivity contribution is 6.08. The average Bonchev–Trinajstić information content (AvgIpc) is 3.71. The number of nitrogens with one attached hydrogen (secondary N) is 2. The number of likely N-dealkylation sites (tertiary alicyclic amines) is 2. The molecule has 8 heteroatoms. The maximum atomic E-state index is 12.8. The maximum Gasteiger partial charge on any atom is 0.255 e. The third-order valence-corrected chi connectivity index (χ3v) is 7.45. The lowest BCUT2D eigenvalue weighted by Crippen LogP contribution is -2.28. The third kappa shape index (κ3) is 6.22. The summed E-state index contributed by atoms with van der Waals surface area (Å²) < 4.78 is 0. The van der Waals surface area contributed by atoms with Gasteiger partial charge in [-0.05, 0) is 98.5 Å². The Bertz CT molecular complexity index is 1270. The molecule has 2 saturated heterocycles. The molecule has 40 heavy (non-hydrogen) atoms. The van der Waals surface area contributed by atoms with Crippen LogP contribution in [0.3, 0.4) is 0 Å². The molecule has 0 unspecified atom stereocenters. The molecule has 5 rings (SSSR count). The number of hydrogen-bond acceptors (Lipinski definition) is 4. The number of nitrogens with zero attached hydrogens (tertiary/aromatic N) is 4. The smallest absolute Gasteiger partial charge is 0.255 e. The lowest BCUT2D eigenvalue weighted by atomic mass is 10.1. The fraction of sp³-hybridized carbons (Fsp3) is 0.312. The van der Waals surface area contributed by atoms with Gasteiger partial charge in [-0.1, -0.05) is 0 Å². The lowest BCUT2D eigenvalue weighted by molar-refractivity contribution is 0.101.